The van der Waals surface area contributed by atoms with E-state index >= 15 is 0 Å². The first-order valence-corrected chi connectivity index (χ1v) is 9.82. The first kappa shape index (κ1) is 21.7. The van der Waals surface area contributed by atoms with Crippen LogP contribution in [-0.4, -0.2) is 42.7 Å². The number of ether oxygens (including phenoxy) is 1. The average Bonchev–Trinajstić information content (AvgIpc) is 3.10. The molecule has 31 heavy (non-hydrogen) atoms. The van der Waals surface area contributed by atoms with E-state index in [1.807, 2.05) is 6.07 Å². The van der Waals surface area contributed by atoms with Crippen molar-refractivity contribution in [3.05, 3.63) is 59.2 Å². The number of aromatic amines is 1. The zero-order chi connectivity index (χ0) is 22.2. The van der Waals surface area contributed by atoms with E-state index < -0.39 is 23.5 Å². The number of hydrogen-bond donors (Lipinski definition) is 1. The van der Waals surface area contributed by atoms with Gasteiger partial charge in [-0.25, -0.2) is 0 Å². The summed E-state index contributed by atoms with van der Waals surface area (Å²) < 4.78 is 85.4. The Morgan fingerprint density at radius 3 is 2.10 bits per heavy atom. The highest BCUT2D eigenvalue weighted by Crippen LogP contribution is 2.40. The number of alkyl halides is 6. The lowest BCUT2D eigenvalue weighted by atomic mass is 9.98. The van der Waals surface area contributed by atoms with Crippen LogP contribution in [0.15, 0.2) is 42.5 Å². The molecule has 1 fully saturated rings. The van der Waals surface area contributed by atoms with Crippen molar-refractivity contribution in [3.8, 4) is 11.3 Å². The highest BCUT2D eigenvalue weighted by molar-refractivity contribution is 5.91. The van der Waals surface area contributed by atoms with Gasteiger partial charge in [-0.1, -0.05) is 18.2 Å². The van der Waals surface area contributed by atoms with Gasteiger partial charge in [-0.2, -0.15) is 26.3 Å². The molecule has 0 bridgehead atoms. The molecule has 3 nitrogen and oxygen atoms in total. The van der Waals surface area contributed by atoms with E-state index in [1.165, 1.54) is 0 Å². The van der Waals surface area contributed by atoms with Crippen molar-refractivity contribution in [3.63, 3.8) is 0 Å². The molecule has 0 amide bonds. The molecular weight excluding hydrogens is 422 g/mol. The van der Waals surface area contributed by atoms with E-state index in [0.717, 1.165) is 30.6 Å². The van der Waals surface area contributed by atoms with Crippen molar-refractivity contribution >= 4 is 10.9 Å². The number of nitrogens with zero attached hydrogens (tertiary/aromatic N) is 1. The van der Waals surface area contributed by atoms with Crippen LogP contribution in [0.4, 0.5) is 26.3 Å². The Bertz CT molecular complexity index is 1030. The normalized spacial score (nSPS) is 16.2. The molecular formula is C22H20F6N2O. The first-order valence-electron chi connectivity index (χ1n) is 9.82. The number of aromatic nitrogens is 1. The van der Waals surface area contributed by atoms with Crippen molar-refractivity contribution in [1.29, 1.82) is 0 Å². The van der Waals surface area contributed by atoms with Crippen LogP contribution in [0.3, 0.4) is 0 Å². The maximum atomic E-state index is 13.4. The smallest absolute Gasteiger partial charge is 0.379 e. The number of rotatable bonds is 4. The predicted molar refractivity (Wildman–Crippen MR) is 105 cm³/mol. The van der Waals surface area contributed by atoms with Gasteiger partial charge in [0, 0.05) is 36.2 Å². The number of hydrogen-bond acceptors (Lipinski definition) is 2. The molecule has 0 radical (unpaired) electrons. The van der Waals surface area contributed by atoms with E-state index in [-0.39, 0.29) is 17.3 Å². The Morgan fingerprint density at radius 2 is 1.48 bits per heavy atom. The molecule has 2 heterocycles. The molecule has 0 unspecified atom stereocenters. The summed E-state index contributed by atoms with van der Waals surface area (Å²) in [4.78, 5) is 5.22. The van der Waals surface area contributed by atoms with E-state index in [2.05, 4.69) is 9.88 Å². The number of para-hydroxylation sites is 1. The lowest BCUT2D eigenvalue weighted by molar-refractivity contribution is -0.143. The lowest BCUT2D eigenvalue weighted by Gasteiger charge is -2.26. The quantitative estimate of drug-likeness (QED) is 0.522. The number of benzene rings is 2. The van der Waals surface area contributed by atoms with Crippen molar-refractivity contribution < 1.29 is 31.1 Å². The van der Waals surface area contributed by atoms with Crippen molar-refractivity contribution in [1.82, 2.24) is 9.88 Å². The lowest BCUT2D eigenvalue weighted by Crippen LogP contribution is -2.37. The summed E-state index contributed by atoms with van der Waals surface area (Å²) in [6.45, 7) is 3.30. The fraction of sp³-hybridized carbons (Fsp3) is 0.364. The van der Waals surface area contributed by atoms with Gasteiger partial charge < -0.3 is 9.72 Å². The van der Waals surface area contributed by atoms with Gasteiger partial charge in [0.25, 0.3) is 0 Å². The Balaban J connectivity index is 1.81. The summed E-state index contributed by atoms with van der Waals surface area (Å²) in [6, 6.07) is 8.85. The Labute approximate surface area is 174 Å². The molecule has 1 saturated heterocycles. The molecule has 166 valence electrons. The second kappa shape index (κ2) is 8.20. The minimum absolute atomic E-state index is 0.129. The molecule has 3 aromatic rings. The summed E-state index contributed by atoms with van der Waals surface area (Å²) in [6.07, 6.45) is -9.30. The van der Waals surface area contributed by atoms with Crippen LogP contribution in [0.2, 0.25) is 0 Å². The van der Waals surface area contributed by atoms with Gasteiger partial charge in [-0.05, 0) is 41.8 Å². The molecule has 0 spiro atoms. The maximum absolute atomic E-state index is 13.4. The minimum atomic E-state index is -4.89. The summed E-state index contributed by atoms with van der Waals surface area (Å²) in [5.74, 6) is 0. The molecule has 0 saturated carbocycles. The zero-order valence-corrected chi connectivity index (χ0v) is 16.4. The molecule has 1 aliphatic heterocycles. The van der Waals surface area contributed by atoms with Gasteiger partial charge in [-0.15, -0.1) is 0 Å². The van der Waals surface area contributed by atoms with E-state index in [4.69, 9.17) is 4.74 Å². The molecule has 1 aromatic heterocycles. The van der Waals surface area contributed by atoms with Crippen LogP contribution < -0.4 is 0 Å². The number of H-pyrrole nitrogens is 1. The third-order valence-electron chi connectivity index (χ3n) is 5.47. The van der Waals surface area contributed by atoms with Crippen LogP contribution in [0.1, 0.15) is 16.7 Å². The monoisotopic (exact) mass is 442 g/mol. The van der Waals surface area contributed by atoms with E-state index in [1.54, 1.807) is 18.2 Å². The van der Waals surface area contributed by atoms with Crippen LogP contribution in [0, 0.1) is 0 Å². The summed E-state index contributed by atoms with van der Waals surface area (Å²) in [5.41, 5.74) is -1.12. The van der Waals surface area contributed by atoms with Crippen molar-refractivity contribution in [2.45, 2.75) is 18.8 Å². The topological polar surface area (TPSA) is 28.3 Å². The fourth-order valence-corrected chi connectivity index (χ4v) is 3.90. The summed E-state index contributed by atoms with van der Waals surface area (Å²) in [5, 5.41) is 0.789. The van der Waals surface area contributed by atoms with Crippen molar-refractivity contribution in [2.24, 2.45) is 0 Å². The van der Waals surface area contributed by atoms with Gasteiger partial charge in [-0.3, -0.25) is 4.90 Å². The predicted octanol–water partition coefficient (Wildman–Crippen LogP) is 5.75. The number of halogens is 6. The molecule has 2 aromatic carbocycles. The number of fused-ring (bicyclic) bond motifs is 1. The summed E-state index contributed by atoms with van der Waals surface area (Å²) >= 11 is 0. The first-order chi connectivity index (χ1) is 14.6. The number of nitrogens with one attached hydrogen (secondary N) is 1. The highest BCUT2D eigenvalue weighted by atomic mass is 19.4. The van der Waals surface area contributed by atoms with Crippen LogP contribution in [0.5, 0.6) is 0 Å². The molecule has 9 heteroatoms. The largest absolute Gasteiger partial charge is 0.416 e. The average molecular weight is 442 g/mol. The van der Waals surface area contributed by atoms with E-state index in [9.17, 15) is 26.3 Å². The van der Waals surface area contributed by atoms with Crippen molar-refractivity contribution in [2.75, 3.05) is 32.8 Å². The van der Waals surface area contributed by atoms with Crippen LogP contribution in [0.25, 0.3) is 22.2 Å². The summed E-state index contributed by atoms with van der Waals surface area (Å²) in [7, 11) is 0. The van der Waals surface area contributed by atoms with Gasteiger partial charge in [0.15, 0.2) is 0 Å². The number of morpholine rings is 1. The second-order valence-corrected chi connectivity index (χ2v) is 7.52. The molecule has 1 N–H and O–H groups in total. The maximum Gasteiger partial charge on any atom is 0.416 e. The van der Waals surface area contributed by atoms with Crippen LogP contribution >= 0.6 is 0 Å². The third-order valence-corrected chi connectivity index (χ3v) is 5.47. The molecule has 0 aliphatic carbocycles. The van der Waals surface area contributed by atoms with E-state index in [0.29, 0.717) is 37.3 Å². The second-order valence-electron chi connectivity index (χ2n) is 7.52. The van der Waals surface area contributed by atoms with Gasteiger partial charge in [0.05, 0.1) is 24.3 Å². The Hall–Kier alpha value is -2.52. The zero-order valence-electron chi connectivity index (χ0n) is 16.4. The standard InChI is InChI=1S/C22H20F6N2O/c23-21(24,25)15-11-14(12-16(13-15)22(26,27)28)20-18(5-6-30-7-9-31-10-8-30)17-3-1-2-4-19(17)29-20/h1-4,11-13,29H,5-10H2. The fourth-order valence-electron chi connectivity index (χ4n) is 3.90. The molecule has 4 rings (SSSR count). The third kappa shape index (κ3) is 4.72. The van der Waals surface area contributed by atoms with Crippen LogP contribution in [-0.2, 0) is 23.5 Å². The van der Waals surface area contributed by atoms with Gasteiger partial charge in [0.2, 0.25) is 0 Å². The minimum Gasteiger partial charge on any atom is -0.379 e. The van der Waals surface area contributed by atoms with Gasteiger partial charge in [0.1, 0.15) is 0 Å². The highest BCUT2D eigenvalue weighted by Gasteiger charge is 2.37. The SMILES string of the molecule is FC(F)(F)c1cc(-c2[nH]c3ccccc3c2CCN2CCOCC2)cc(C(F)(F)F)c1. The Morgan fingerprint density at radius 1 is 0.871 bits per heavy atom. The molecule has 1 aliphatic rings. The van der Waals surface area contributed by atoms with Gasteiger partial charge >= 0.3 is 12.4 Å². The molecule has 0 atom stereocenters. The Kier molecular flexibility index (Phi) is 5.74.